The van der Waals surface area contributed by atoms with Gasteiger partial charge in [0.05, 0.1) is 17.9 Å². The largest absolute Gasteiger partial charge is 0.338 e. The predicted octanol–water partition coefficient (Wildman–Crippen LogP) is 1.49. The molecule has 1 aromatic carbocycles. The van der Waals surface area contributed by atoms with Gasteiger partial charge in [0.25, 0.3) is 0 Å². The van der Waals surface area contributed by atoms with Gasteiger partial charge in [-0.15, -0.1) is 0 Å². The van der Waals surface area contributed by atoms with E-state index < -0.39 is 0 Å². The number of carbonyl (C=O) groups excluding carboxylic acids is 1. The molecule has 0 radical (unpaired) electrons. The molecule has 2 N–H and O–H groups in total. The van der Waals surface area contributed by atoms with E-state index in [-0.39, 0.29) is 23.7 Å². The molecular weight excluding hydrogens is 271 g/mol. The molecule has 2 heterocycles. The lowest BCUT2D eigenvalue weighted by molar-refractivity contribution is -0.127. The monoisotopic (exact) mass is 288 g/mol. The fraction of sp³-hybridized carbons (Fsp3) is 0.333. The fourth-order valence-corrected chi connectivity index (χ4v) is 2.88. The van der Waals surface area contributed by atoms with Crippen molar-refractivity contribution < 1.29 is 9.18 Å². The molecule has 6 heteroatoms. The Morgan fingerprint density at radius 2 is 2.10 bits per heavy atom. The van der Waals surface area contributed by atoms with Crippen LogP contribution in [0.25, 0.3) is 5.69 Å². The number of rotatable bonds is 3. The molecule has 2 aromatic rings. The summed E-state index contributed by atoms with van der Waals surface area (Å²) >= 11 is 0. The summed E-state index contributed by atoms with van der Waals surface area (Å²) in [6.45, 7) is 0.461. The van der Waals surface area contributed by atoms with Crippen molar-refractivity contribution in [3.8, 4) is 5.69 Å². The van der Waals surface area contributed by atoms with Crippen molar-refractivity contribution in [2.24, 2.45) is 11.7 Å². The Kier molecular flexibility index (Phi) is 3.47. The van der Waals surface area contributed by atoms with E-state index in [2.05, 4.69) is 5.10 Å². The maximum absolute atomic E-state index is 13.0. The maximum atomic E-state index is 13.0. The Hall–Kier alpha value is -2.21. The van der Waals surface area contributed by atoms with Gasteiger partial charge in [-0.25, -0.2) is 9.07 Å². The minimum atomic E-state index is -0.282. The molecule has 0 saturated carbocycles. The van der Waals surface area contributed by atoms with Crippen LogP contribution in [-0.4, -0.2) is 34.2 Å². The molecule has 5 nitrogen and oxygen atoms in total. The summed E-state index contributed by atoms with van der Waals surface area (Å²) in [5.41, 5.74) is 7.50. The van der Waals surface area contributed by atoms with Crippen LogP contribution in [0.15, 0.2) is 36.7 Å². The molecule has 0 bridgehead atoms. The van der Waals surface area contributed by atoms with Crippen molar-refractivity contribution in [2.45, 2.75) is 12.5 Å². The summed E-state index contributed by atoms with van der Waals surface area (Å²) in [6, 6.07) is 6.07. The molecule has 1 amide bonds. The van der Waals surface area contributed by atoms with Gasteiger partial charge in [0.2, 0.25) is 5.91 Å². The molecule has 0 aliphatic carbocycles. The second-order valence-corrected chi connectivity index (χ2v) is 5.34. The molecule has 1 saturated heterocycles. The third-order valence-electron chi connectivity index (χ3n) is 4.03. The topological polar surface area (TPSA) is 64.2 Å². The summed E-state index contributed by atoms with van der Waals surface area (Å²) in [7, 11) is 1.79. The zero-order chi connectivity index (χ0) is 15.0. The first kappa shape index (κ1) is 13.8. The van der Waals surface area contributed by atoms with E-state index in [9.17, 15) is 9.18 Å². The molecule has 3 rings (SSSR count). The highest BCUT2D eigenvalue weighted by Gasteiger charge is 2.38. The summed E-state index contributed by atoms with van der Waals surface area (Å²) < 4.78 is 14.6. The Labute approximate surface area is 122 Å². The Bertz CT molecular complexity index is 652. The van der Waals surface area contributed by atoms with E-state index in [1.54, 1.807) is 35.0 Å². The molecule has 1 aromatic heterocycles. The van der Waals surface area contributed by atoms with Gasteiger partial charge in [0.1, 0.15) is 5.82 Å². The van der Waals surface area contributed by atoms with E-state index in [4.69, 9.17) is 5.73 Å². The number of hydrogen-bond acceptors (Lipinski definition) is 3. The molecule has 21 heavy (non-hydrogen) atoms. The molecular formula is C15H17FN4O. The summed E-state index contributed by atoms with van der Waals surface area (Å²) in [4.78, 5) is 13.6. The minimum Gasteiger partial charge on any atom is -0.338 e. The smallest absolute Gasteiger partial charge is 0.223 e. The summed E-state index contributed by atoms with van der Waals surface area (Å²) in [5, 5.41) is 4.30. The molecule has 2 unspecified atom stereocenters. The number of benzene rings is 1. The normalized spacial score (nSPS) is 22.0. The number of hydrogen-bond donors (Lipinski definition) is 1. The quantitative estimate of drug-likeness (QED) is 0.930. The summed E-state index contributed by atoms with van der Waals surface area (Å²) in [5.74, 6) is -0.0752. The van der Waals surface area contributed by atoms with Gasteiger partial charge < -0.3 is 10.6 Å². The average molecular weight is 288 g/mol. The van der Waals surface area contributed by atoms with Gasteiger partial charge in [-0.2, -0.15) is 5.10 Å². The first-order valence-corrected chi connectivity index (χ1v) is 6.86. The maximum Gasteiger partial charge on any atom is 0.223 e. The number of nitrogens with zero attached hydrogens (tertiary/aromatic N) is 3. The van der Waals surface area contributed by atoms with Crippen molar-refractivity contribution in [1.29, 1.82) is 0 Å². The lowest BCUT2D eigenvalue weighted by atomic mass is 9.96. The first-order valence-electron chi connectivity index (χ1n) is 6.86. The SMILES string of the molecule is CN1C(=O)CC(CN)C1c1cnn(-c2ccc(F)cc2)c1. The molecule has 2 atom stereocenters. The van der Waals surface area contributed by atoms with Crippen LogP contribution in [0.3, 0.4) is 0 Å². The van der Waals surface area contributed by atoms with Crippen molar-refractivity contribution in [1.82, 2.24) is 14.7 Å². The number of aromatic nitrogens is 2. The highest BCUT2D eigenvalue weighted by Crippen LogP contribution is 2.36. The fourth-order valence-electron chi connectivity index (χ4n) is 2.88. The van der Waals surface area contributed by atoms with Crippen molar-refractivity contribution in [3.63, 3.8) is 0 Å². The number of likely N-dealkylation sites (tertiary alicyclic amines) is 1. The third kappa shape index (κ3) is 2.42. The number of nitrogens with two attached hydrogens (primary N) is 1. The number of halogens is 1. The molecule has 1 aliphatic rings. The van der Waals surface area contributed by atoms with Gasteiger partial charge in [0, 0.05) is 31.1 Å². The summed E-state index contributed by atoms with van der Waals surface area (Å²) in [6.07, 6.45) is 4.08. The van der Waals surface area contributed by atoms with Gasteiger partial charge in [-0.3, -0.25) is 4.79 Å². The highest BCUT2D eigenvalue weighted by atomic mass is 19.1. The highest BCUT2D eigenvalue weighted by molar-refractivity contribution is 5.79. The van der Waals surface area contributed by atoms with Crippen LogP contribution in [0.1, 0.15) is 18.0 Å². The number of amides is 1. The van der Waals surface area contributed by atoms with E-state index in [1.807, 2.05) is 6.20 Å². The molecule has 1 fully saturated rings. The minimum absolute atomic E-state index is 0.0447. The van der Waals surface area contributed by atoms with Crippen LogP contribution in [0.2, 0.25) is 0 Å². The molecule has 110 valence electrons. The van der Waals surface area contributed by atoms with Crippen molar-refractivity contribution in [3.05, 3.63) is 48.0 Å². The van der Waals surface area contributed by atoms with Crippen molar-refractivity contribution >= 4 is 5.91 Å². The van der Waals surface area contributed by atoms with E-state index in [0.29, 0.717) is 13.0 Å². The zero-order valence-electron chi connectivity index (χ0n) is 11.7. The van der Waals surface area contributed by atoms with E-state index in [0.717, 1.165) is 11.3 Å². The van der Waals surface area contributed by atoms with Crippen LogP contribution in [0.5, 0.6) is 0 Å². The van der Waals surface area contributed by atoms with Gasteiger partial charge in [-0.1, -0.05) is 0 Å². The first-order chi connectivity index (χ1) is 10.1. The van der Waals surface area contributed by atoms with E-state index in [1.165, 1.54) is 12.1 Å². The van der Waals surface area contributed by atoms with Crippen LogP contribution >= 0.6 is 0 Å². The Morgan fingerprint density at radius 3 is 2.76 bits per heavy atom. The van der Waals surface area contributed by atoms with Gasteiger partial charge in [-0.05, 0) is 30.8 Å². The predicted molar refractivity (Wildman–Crippen MR) is 76.2 cm³/mol. The van der Waals surface area contributed by atoms with Crippen LogP contribution < -0.4 is 5.73 Å². The van der Waals surface area contributed by atoms with Gasteiger partial charge in [0.15, 0.2) is 0 Å². The molecule has 0 spiro atoms. The third-order valence-corrected chi connectivity index (χ3v) is 4.03. The second-order valence-electron chi connectivity index (χ2n) is 5.34. The standard InChI is InChI=1S/C15H17FN4O/c1-19-14(21)6-10(7-17)15(19)11-8-18-20(9-11)13-4-2-12(16)3-5-13/h2-5,8-10,15H,6-7,17H2,1H3. The zero-order valence-corrected chi connectivity index (χ0v) is 11.7. The lowest BCUT2D eigenvalue weighted by Crippen LogP contribution is -2.26. The Morgan fingerprint density at radius 1 is 1.38 bits per heavy atom. The number of carbonyl (C=O) groups is 1. The Balaban J connectivity index is 1.91. The second kappa shape index (κ2) is 5.29. The van der Waals surface area contributed by atoms with Crippen LogP contribution in [0, 0.1) is 11.7 Å². The van der Waals surface area contributed by atoms with Crippen LogP contribution in [-0.2, 0) is 4.79 Å². The van der Waals surface area contributed by atoms with Crippen molar-refractivity contribution in [2.75, 3.05) is 13.6 Å². The van der Waals surface area contributed by atoms with E-state index >= 15 is 0 Å². The average Bonchev–Trinajstić information content (AvgIpc) is 3.05. The van der Waals surface area contributed by atoms with Crippen LogP contribution in [0.4, 0.5) is 4.39 Å². The lowest BCUT2D eigenvalue weighted by Gasteiger charge is -2.22. The van der Waals surface area contributed by atoms with Gasteiger partial charge >= 0.3 is 0 Å². The molecule has 1 aliphatic heterocycles.